The first-order chi connectivity index (χ1) is 11.6. The molecule has 0 saturated heterocycles. The van der Waals surface area contributed by atoms with E-state index in [9.17, 15) is 8.42 Å². The molecular formula is C16H23IN4O2S2. The zero-order valence-electron chi connectivity index (χ0n) is 13.9. The summed E-state index contributed by atoms with van der Waals surface area (Å²) in [6.45, 7) is 1.50. The van der Waals surface area contributed by atoms with Crippen molar-refractivity contribution < 1.29 is 8.42 Å². The Morgan fingerprint density at radius 2 is 1.76 bits per heavy atom. The van der Waals surface area contributed by atoms with Crippen molar-refractivity contribution in [1.29, 1.82) is 0 Å². The highest BCUT2D eigenvalue weighted by atomic mass is 127. The van der Waals surface area contributed by atoms with E-state index in [4.69, 9.17) is 0 Å². The predicted molar refractivity (Wildman–Crippen MR) is 114 cm³/mol. The van der Waals surface area contributed by atoms with E-state index < -0.39 is 10.0 Å². The molecular weight excluding hydrogens is 471 g/mol. The third-order valence-electron chi connectivity index (χ3n) is 3.24. The van der Waals surface area contributed by atoms with Gasteiger partial charge in [0.05, 0.1) is 0 Å². The molecule has 0 spiro atoms. The molecule has 138 valence electrons. The fourth-order valence-corrected chi connectivity index (χ4v) is 4.11. The molecule has 1 aromatic carbocycles. The standard InChI is InChI=1S/C16H22N4O2S2.HI/c1-17-16(18-10-9-14-6-3-2-4-7-14)19-11-12-20-24(21,22)15-8-5-13-23-15;/h2-8,13,20H,9-12H2,1H3,(H2,17,18,19);1H. The highest BCUT2D eigenvalue weighted by Gasteiger charge is 2.13. The third kappa shape index (κ3) is 7.72. The number of nitrogens with zero attached hydrogens (tertiary/aromatic N) is 1. The van der Waals surface area contributed by atoms with Gasteiger partial charge in [0.25, 0.3) is 0 Å². The van der Waals surface area contributed by atoms with Crippen LogP contribution in [0.15, 0.2) is 57.0 Å². The highest BCUT2D eigenvalue weighted by Crippen LogP contribution is 2.14. The van der Waals surface area contributed by atoms with Gasteiger partial charge in [-0.25, -0.2) is 13.1 Å². The lowest BCUT2D eigenvalue weighted by atomic mass is 10.1. The Kier molecular flexibility index (Phi) is 10.0. The number of sulfonamides is 1. The second-order valence-corrected chi connectivity index (χ2v) is 7.93. The van der Waals surface area contributed by atoms with Gasteiger partial charge in [-0.05, 0) is 23.4 Å². The van der Waals surface area contributed by atoms with Crippen LogP contribution in [0.4, 0.5) is 0 Å². The molecule has 1 heterocycles. The largest absolute Gasteiger partial charge is 0.356 e. The fraction of sp³-hybridized carbons (Fsp3) is 0.312. The molecule has 0 amide bonds. The first-order valence-electron chi connectivity index (χ1n) is 7.63. The second kappa shape index (κ2) is 11.4. The Bertz CT molecular complexity index is 735. The van der Waals surface area contributed by atoms with Gasteiger partial charge in [-0.2, -0.15) is 0 Å². The molecule has 9 heteroatoms. The van der Waals surface area contributed by atoms with Crippen LogP contribution in [0.2, 0.25) is 0 Å². The second-order valence-electron chi connectivity index (χ2n) is 4.99. The van der Waals surface area contributed by atoms with Crippen molar-refractivity contribution in [3.63, 3.8) is 0 Å². The van der Waals surface area contributed by atoms with Gasteiger partial charge >= 0.3 is 0 Å². The van der Waals surface area contributed by atoms with Crippen LogP contribution in [-0.2, 0) is 16.4 Å². The van der Waals surface area contributed by atoms with E-state index in [1.165, 1.54) is 16.9 Å². The Labute approximate surface area is 170 Å². The van der Waals surface area contributed by atoms with Crippen LogP contribution in [0.25, 0.3) is 0 Å². The van der Waals surface area contributed by atoms with Crippen LogP contribution in [0.1, 0.15) is 5.56 Å². The van der Waals surface area contributed by atoms with Crippen LogP contribution in [-0.4, -0.2) is 41.1 Å². The van der Waals surface area contributed by atoms with Crippen molar-refractivity contribution in [2.24, 2.45) is 4.99 Å². The molecule has 0 saturated carbocycles. The third-order valence-corrected chi connectivity index (χ3v) is 6.10. The number of rotatable bonds is 8. The Morgan fingerprint density at radius 3 is 2.40 bits per heavy atom. The zero-order valence-corrected chi connectivity index (χ0v) is 17.9. The maximum Gasteiger partial charge on any atom is 0.250 e. The quantitative estimate of drug-likeness (QED) is 0.227. The number of hydrogen-bond donors (Lipinski definition) is 3. The summed E-state index contributed by atoms with van der Waals surface area (Å²) in [5.41, 5.74) is 1.25. The SMILES string of the molecule is CN=C(NCCNS(=O)(=O)c1cccs1)NCCc1ccccc1.I. The average molecular weight is 494 g/mol. The molecule has 2 rings (SSSR count). The van der Waals surface area contributed by atoms with Crippen LogP contribution >= 0.6 is 35.3 Å². The van der Waals surface area contributed by atoms with Crippen molar-refractivity contribution in [1.82, 2.24) is 15.4 Å². The summed E-state index contributed by atoms with van der Waals surface area (Å²) in [6.07, 6.45) is 0.895. The Morgan fingerprint density at radius 1 is 1.04 bits per heavy atom. The predicted octanol–water partition coefficient (Wildman–Crippen LogP) is 2.05. The molecule has 0 unspecified atom stereocenters. The molecule has 0 bridgehead atoms. The lowest BCUT2D eigenvalue weighted by Crippen LogP contribution is -2.42. The molecule has 3 N–H and O–H groups in total. The van der Waals surface area contributed by atoms with E-state index in [2.05, 4.69) is 32.5 Å². The maximum atomic E-state index is 12.0. The topological polar surface area (TPSA) is 82.6 Å². The van der Waals surface area contributed by atoms with E-state index in [1.54, 1.807) is 24.6 Å². The van der Waals surface area contributed by atoms with Crippen LogP contribution in [0.5, 0.6) is 0 Å². The lowest BCUT2D eigenvalue weighted by Gasteiger charge is -2.12. The summed E-state index contributed by atoms with van der Waals surface area (Å²) in [7, 11) is -1.72. The van der Waals surface area contributed by atoms with E-state index in [0.717, 1.165) is 13.0 Å². The van der Waals surface area contributed by atoms with Crippen LogP contribution < -0.4 is 15.4 Å². The number of aliphatic imine (C=N–C) groups is 1. The van der Waals surface area contributed by atoms with E-state index in [1.807, 2.05) is 18.2 Å². The zero-order chi connectivity index (χ0) is 17.3. The molecule has 6 nitrogen and oxygen atoms in total. The number of halogens is 1. The minimum atomic E-state index is -3.41. The number of guanidine groups is 1. The number of thiophene rings is 1. The molecule has 2 aromatic rings. The van der Waals surface area contributed by atoms with Gasteiger partial charge in [0, 0.05) is 26.7 Å². The summed E-state index contributed by atoms with van der Waals surface area (Å²) in [4.78, 5) is 4.12. The van der Waals surface area contributed by atoms with Gasteiger partial charge in [0.1, 0.15) is 4.21 Å². The molecule has 0 aliphatic rings. The lowest BCUT2D eigenvalue weighted by molar-refractivity contribution is 0.582. The molecule has 0 radical (unpaired) electrons. The number of hydrogen-bond acceptors (Lipinski definition) is 4. The summed E-state index contributed by atoms with van der Waals surface area (Å²) >= 11 is 1.20. The van der Waals surface area contributed by atoms with Crippen molar-refractivity contribution in [3.05, 3.63) is 53.4 Å². The molecule has 0 aliphatic carbocycles. The number of benzene rings is 1. The smallest absolute Gasteiger partial charge is 0.250 e. The summed E-state index contributed by atoms with van der Waals surface area (Å²) in [6, 6.07) is 13.5. The normalized spacial score (nSPS) is 11.6. The molecule has 1 aromatic heterocycles. The van der Waals surface area contributed by atoms with Crippen molar-refractivity contribution in [2.45, 2.75) is 10.6 Å². The van der Waals surface area contributed by atoms with Gasteiger partial charge < -0.3 is 10.6 Å². The minimum Gasteiger partial charge on any atom is -0.356 e. The van der Waals surface area contributed by atoms with E-state index in [0.29, 0.717) is 23.3 Å². The summed E-state index contributed by atoms with van der Waals surface area (Å²) < 4.78 is 26.8. The Hall–Kier alpha value is -1.17. The minimum absolute atomic E-state index is 0. The monoisotopic (exact) mass is 494 g/mol. The van der Waals surface area contributed by atoms with Crippen LogP contribution in [0, 0.1) is 0 Å². The van der Waals surface area contributed by atoms with E-state index in [-0.39, 0.29) is 24.0 Å². The fourth-order valence-electron chi connectivity index (χ4n) is 2.04. The van der Waals surface area contributed by atoms with Gasteiger partial charge in [0.15, 0.2) is 5.96 Å². The summed E-state index contributed by atoms with van der Waals surface area (Å²) in [5, 5.41) is 8.04. The molecule has 0 atom stereocenters. The molecule has 0 fully saturated rings. The van der Waals surface area contributed by atoms with E-state index >= 15 is 0 Å². The van der Waals surface area contributed by atoms with Crippen LogP contribution in [0.3, 0.4) is 0 Å². The first-order valence-corrected chi connectivity index (χ1v) is 10.00. The summed E-state index contributed by atoms with van der Waals surface area (Å²) in [5.74, 6) is 0.654. The van der Waals surface area contributed by atoms with Crippen molar-refractivity contribution in [3.8, 4) is 0 Å². The van der Waals surface area contributed by atoms with Crippen molar-refractivity contribution in [2.75, 3.05) is 26.7 Å². The van der Waals surface area contributed by atoms with Gasteiger partial charge in [-0.1, -0.05) is 36.4 Å². The van der Waals surface area contributed by atoms with Gasteiger partial charge in [-0.3, -0.25) is 4.99 Å². The molecule has 25 heavy (non-hydrogen) atoms. The van der Waals surface area contributed by atoms with Crippen molar-refractivity contribution >= 4 is 51.3 Å². The Balaban J connectivity index is 0.00000312. The molecule has 0 aliphatic heterocycles. The van der Waals surface area contributed by atoms with Gasteiger partial charge in [0.2, 0.25) is 10.0 Å². The average Bonchev–Trinajstić information content (AvgIpc) is 3.13. The number of nitrogens with one attached hydrogen (secondary N) is 3. The maximum absolute atomic E-state index is 12.0. The van der Waals surface area contributed by atoms with Gasteiger partial charge in [-0.15, -0.1) is 35.3 Å². The highest BCUT2D eigenvalue weighted by molar-refractivity contribution is 14.0. The first kappa shape index (κ1) is 21.9.